The molecule has 2 atom stereocenters. The third kappa shape index (κ3) is 3.60. The number of nitrogens with zero attached hydrogens (tertiary/aromatic N) is 2. The molecule has 0 spiro atoms. The van der Waals surface area contributed by atoms with E-state index in [1.165, 1.54) is 11.8 Å². The Kier molecular flexibility index (Phi) is 4.35. The summed E-state index contributed by atoms with van der Waals surface area (Å²) >= 11 is 1.26. The van der Waals surface area contributed by atoms with E-state index in [0.717, 1.165) is 4.90 Å². The fourth-order valence-corrected chi connectivity index (χ4v) is 3.56. The number of carbonyl (C=O) groups excluding carboxylic acids is 2. The monoisotopic (exact) mass is 326 g/mol. The molecule has 1 unspecified atom stereocenters. The zero-order valence-corrected chi connectivity index (χ0v) is 11.6. The van der Waals surface area contributed by atoms with Crippen LogP contribution >= 0.6 is 11.8 Å². The molecule has 0 aromatic heterocycles. The van der Waals surface area contributed by atoms with Crippen LogP contribution in [-0.4, -0.2) is 69.6 Å². The van der Waals surface area contributed by atoms with Crippen LogP contribution in [0.3, 0.4) is 0 Å². The number of halogens is 3. The van der Waals surface area contributed by atoms with Crippen LogP contribution in [-0.2, 0) is 14.4 Å². The molecule has 118 valence electrons. The summed E-state index contributed by atoms with van der Waals surface area (Å²) in [4.78, 5) is 36.5. The van der Waals surface area contributed by atoms with Gasteiger partial charge < -0.3 is 14.9 Å². The van der Waals surface area contributed by atoms with E-state index in [-0.39, 0.29) is 24.6 Å². The molecular weight excluding hydrogens is 313 g/mol. The SMILES string of the molecule is O=C(O)[C@@H]1CSCN1C(=O)C1CC(=O)N(CC(F)(F)F)C1. The lowest BCUT2D eigenvalue weighted by Crippen LogP contribution is -2.45. The molecule has 21 heavy (non-hydrogen) atoms. The number of amides is 2. The average Bonchev–Trinajstić information content (AvgIpc) is 2.94. The van der Waals surface area contributed by atoms with Crippen LogP contribution in [0.15, 0.2) is 0 Å². The summed E-state index contributed by atoms with van der Waals surface area (Å²) in [6.45, 7) is -1.70. The van der Waals surface area contributed by atoms with Crippen LogP contribution in [0.4, 0.5) is 13.2 Å². The Morgan fingerprint density at radius 2 is 2.05 bits per heavy atom. The molecular formula is C11H13F3N2O4S. The molecule has 0 aromatic rings. The predicted molar refractivity (Wildman–Crippen MR) is 66.3 cm³/mol. The average molecular weight is 326 g/mol. The summed E-state index contributed by atoms with van der Waals surface area (Å²) in [6, 6.07) is -0.978. The van der Waals surface area contributed by atoms with Crippen molar-refractivity contribution in [3.8, 4) is 0 Å². The Morgan fingerprint density at radius 3 is 2.62 bits per heavy atom. The van der Waals surface area contributed by atoms with Gasteiger partial charge in [0.2, 0.25) is 11.8 Å². The van der Waals surface area contributed by atoms with E-state index in [2.05, 4.69) is 0 Å². The quantitative estimate of drug-likeness (QED) is 0.811. The van der Waals surface area contributed by atoms with Gasteiger partial charge in [0.15, 0.2) is 0 Å². The minimum absolute atomic E-state index is 0.180. The number of aliphatic carboxylic acids is 1. The molecule has 10 heteroatoms. The van der Waals surface area contributed by atoms with Gasteiger partial charge in [-0.3, -0.25) is 9.59 Å². The first-order valence-electron chi connectivity index (χ1n) is 6.14. The maximum atomic E-state index is 12.3. The lowest BCUT2D eigenvalue weighted by Gasteiger charge is -2.24. The Hall–Kier alpha value is -1.45. The van der Waals surface area contributed by atoms with Crippen LogP contribution in [0.25, 0.3) is 0 Å². The first-order valence-corrected chi connectivity index (χ1v) is 7.30. The van der Waals surface area contributed by atoms with Gasteiger partial charge in [-0.25, -0.2) is 4.79 Å². The Morgan fingerprint density at radius 1 is 1.38 bits per heavy atom. The normalized spacial score (nSPS) is 26.5. The highest BCUT2D eigenvalue weighted by Crippen LogP contribution is 2.28. The Bertz CT molecular complexity index is 471. The molecule has 2 amide bonds. The highest BCUT2D eigenvalue weighted by Gasteiger charge is 2.44. The van der Waals surface area contributed by atoms with Crippen LogP contribution in [0.2, 0.25) is 0 Å². The van der Waals surface area contributed by atoms with Gasteiger partial charge in [0.25, 0.3) is 0 Å². The van der Waals surface area contributed by atoms with E-state index >= 15 is 0 Å². The standard InChI is InChI=1S/C11H13F3N2O4S/c12-11(13,14)4-15-2-6(1-8(15)17)9(18)16-5-21-3-7(16)10(19)20/h6-7H,1-5H2,(H,19,20)/t6?,7-/m0/s1. The van der Waals surface area contributed by atoms with E-state index in [4.69, 9.17) is 5.11 Å². The highest BCUT2D eigenvalue weighted by molar-refractivity contribution is 7.99. The number of rotatable bonds is 3. The van der Waals surface area contributed by atoms with Crippen molar-refractivity contribution in [3.63, 3.8) is 0 Å². The van der Waals surface area contributed by atoms with E-state index in [9.17, 15) is 27.6 Å². The van der Waals surface area contributed by atoms with Gasteiger partial charge in [0.05, 0.1) is 11.8 Å². The Labute approximate surface area is 122 Å². The number of hydrogen-bond acceptors (Lipinski definition) is 4. The molecule has 2 aliphatic rings. The number of likely N-dealkylation sites (tertiary alicyclic amines) is 1. The minimum Gasteiger partial charge on any atom is -0.480 e. The zero-order valence-electron chi connectivity index (χ0n) is 10.8. The van der Waals surface area contributed by atoms with Crippen molar-refractivity contribution in [2.24, 2.45) is 5.92 Å². The molecule has 1 N–H and O–H groups in total. The number of alkyl halides is 3. The summed E-state index contributed by atoms with van der Waals surface area (Å²) in [5.74, 6) is -2.92. The van der Waals surface area contributed by atoms with E-state index < -0.39 is 42.5 Å². The largest absolute Gasteiger partial charge is 0.480 e. The second kappa shape index (κ2) is 5.74. The van der Waals surface area contributed by atoms with Crippen molar-refractivity contribution in [1.82, 2.24) is 9.80 Å². The van der Waals surface area contributed by atoms with Crippen LogP contribution in [0.5, 0.6) is 0 Å². The third-order valence-electron chi connectivity index (χ3n) is 3.38. The first kappa shape index (κ1) is 15.9. The molecule has 0 aliphatic carbocycles. The summed E-state index contributed by atoms with van der Waals surface area (Å²) < 4.78 is 36.9. The molecule has 6 nitrogen and oxygen atoms in total. The number of thioether (sulfide) groups is 1. The number of carboxylic acid groups (broad SMARTS) is 1. The number of hydrogen-bond donors (Lipinski definition) is 1. The molecule has 0 saturated carbocycles. The minimum atomic E-state index is -4.51. The third-order valence-corrected chi connectivity index (χ3v) is 4.40. The van der Waals surface area contributed by atoms with E-state index in [1.54, 1.807) is 0 Å². The highest BCUT2D eigenvalue weighted by atomic mass is 32.2. The second-order valence-electron chi connectivity index (χ2n) is 4.95. The van der Waals surface area contributed by atoms with E-state index in [1.807, 2.05) is 0 Å². The molecule has 2 fully saturated rings. The van der Waals surface area contributed by atoms with Crippen molar-refractivity contribution in [2.45, 2.75) is 18.6 Å². The van der Waals surface area contributed by atoms with Gasteiger partial charge >= 0.3 is 12.1 Å². The zero-order chi connectivity index (χ0) is 15.8. The molecule has 0 bridgehead atoms. The lowest BCUT2D eigenvalue weighted by molar-refractivity contribution is -0.157. The van der Waals surface area contributed by atoms with Crippen molar-refractivity contribution in [2.75, 3.05) is 24.7 Å². The summed E-state index contributed by atoms with van der Waals surface area (Å²) in [5, 5.41) is 9.00. The van der Waals surface area contributed by atoms with Crippen molar-refractivity contribution in [3.05, 3.63) is 0 Å². The summed E-state index contributed by atoms with van der Waals surface area (Å²) in [5.41, 5.74) is 0. The fraction of sp³-hybridized carbons (Fsp3) is 0.727. The van der Waals surface area contributed by atoms with Gasteiger partial charge in [0.1, 0.15) is 12.6 Å². The maximum Gasteiger partial charge on any atom is 0.406 e. The summed E-state index contributed by atoms with van der Waals surface area (Å²) in [6.07, 6.45) is -4.82. The summed E-state index contributed by atoms with van der Waals surface area (Å²) in [7, 11) is 0. The molecule has 2 rings (SSSR count). The number of carboxylic acids is 1. The molecule has 0 aromatic carbocycles. The maximum absolute atomic E-state index is 12.3. The van der Waals surface area contributed by atoms with Crippen LogP contribution in [0.1, 0.15) is 6.42 Å². The van der Waals surface area contributed by atoms with Gasteiger partial charge in [-0.15, -0.1) is 11.8 Å². The van der Waals surface area contributed by atoms with Crippen LogP contribution in [0, 0.1) is 5.92 Å². The van der Waals surface area contributed by atoms with Gasteiger partial charge in [-0.2, -0.15) is 13.2 Å². The van der Waals surface area contributed by atoms with Crippen molar-refractivity contribution in [1.29, 1.82) is 0 Å². The van der Waals surface area contributed by atoms with Gasteiger partial charge in [-0.05, 0) is 0 Å². The topological polar surface area (TPSA) is 77.9 Å². The number of carbonyl (C=O) groups is 3. The van der Waals surface area contributed by atoms with Gasteiger partial charge in [-0.1, -0.05) is 0 Å². The second-order valence-corrected chi connectivity index (χ2v) is 5.95. The molecule has 2 aliphatic heterocycles. The van der Waals surface area contributed by atoms with Crippen molar-refractivity contribution < 1.29 is 32.7 Å². The van der Waals surface area contributed by atoms with E-state index in [0.29, 0.717) is 4.90 Å². The molecule has 2 heterocycles. The first-order chi connectivity index (χ1) is 9.69. The molecule has 2 saturated heterocycles. The molecule has 0 radical (unpaired) electrons. The van der Waals surface area contributed by atoms with Crippen LogP contribution < -0.4 is 0 Å². The predicted octanol–water partition coefficient (Wildman–Crippen LogP) is 0.383. The van der Waals surface area contributed by atoms with Gasteiger partial charge in [0, 0.05) is 18.7 Å². The fourth-order valence-electron chi connectivity index (χ4n) is 2.41. The van der Waals surface area contributed by atoms with Crippen molar-refractivity contribution >= 4 is 29.5 Å². The lowest BCUT2D eigenvalue weighted by atomic mass is 10.1. The Balaban J connectivity index is 2.01. The smallest absolute Gasteiger partial charge is 0.406 e.